The number of likely N-dealkylation sites (tertiary alicyclic amines) is 1. The normalized spacial score (nSPS) is 16.9. The number of hydrogen-bond acceptors (Lipinski definition) is 2. The summed E-state index contributed by atoms with van der Waals surface area (Å²) in [6.45, 7) is 9.22. The van der Waals surface area contributed by atoms with Crippen LogP contribution >= 0.6 is 24.0 Å². The van der Waals surface area contributed by atoms with Crippen molar-refractivity contribution in [1.82, 2.24) is 15.5 Å². The lowest BCUT2D eigenvalue weighted by molar-refractivity contribution is 0.201. The van der Waals surface area contributed by atoms with E-state index < -0.39 is 0 Å². The van der Waals surface area contributed by atoms with Crippen molar-refractivity contribution in [3.8, 4) is 0 Å². The minimum Gasteiger partial charge on any atom is -0.356 e. The van der Waals surface area contributed by atoms with E-state index in [4.69, 9.17) is 0 Å². The van der Waals surface area contributed by atoms with Gasteiger partial charge in [0, 0.05) is 26.7 Å². The number of halogens is 2. The number of guanidine groups is 1. The number of hydrogen-bond donors (Lipinski definition) is 2. The predicted octanol–water partition coefficient (Wildman–Crippen LogP) is 3.54. The molecule has 0 bridgehead atoms. The zero-order valence-electron chi connectivity index (χ0n) is 15.6. The molecule has 142 valence electrons. The summed E-state index contributed by atoms with van der Waals surface area (Å²) in [4.78, 5) is 6.83. The molecule has 1 aliphatic rings. The van der Waals surface area contributed by atoms with Gasteiger partial charge >= 0.3 is 0 Å². The van der Waals surface area contributed by atoms with Crippen LogP contribution in [0.4, 0.5) is 4.39 Å². The lowest BCUT2D eigenvalue weighted by Gasteiger charge is -2.29. The molecule has 1 aromatic rings. The summed E-state index contributed by atoms with van der Waals surface area (Å²) in [5.74, 6) is 1.21. The molecule has 25 heavy (non-hydrogen) atoms. The van der Waals surface area contributed by atoms with Crippen LogP contribution in [0.25, 0.3) is 0 Å². The molecule has 1 atom stereocenters. The second-order valence-corrected chi connectivity index (χ2v) is 6.86. The molecule has 2 rings (SSSR count). The highest BCUT2D eigenvalue weighted by Crippen LogP contribution is 2.11. The van der Waals surface area contributed by atoms with Crippen molar-refractivity contribution in [3.63, 3.8) is 0 Å². The van der Waals surface area contributed by atoms with E-state index in [1.54, 1.807) is 14.0 Å². The van der Waals surface area contributed by atoms with Gasteiger partial charge in [0.15, 0.2) is 5.96 Å². The highest BCUT2D eigenvalue weighted by atomic mass is 127. The Morgan fingerprint density at radius 2 is 1.96 bits per heavy atom. The van der Waals surface area contributed by atoms with Crippen LogP contribution in [0.2, 0.25) is 0 Å². The minimum absolute atomic E-state index is 0. The van der Waals surface area contributed by atoms with Gasteiger partial charge in [0.1, 0.15) is 5.82 Å². The largest absolute Gasteiger partial charge is 0.356 e. The average Bonchev–Trinajstić information content (AvgIpc) is 2.59. The molecule has 1 heterocycles. The number of aliphatic imine (C=N–C) groups is 1. The monoisotopic (exact) mass is 462 g/mol. The molecule has 0 saturated carbocycles. The number of rotatable bonds is 6. The molecule has 0 aromatic heterocycles. The van der Waals surface area contributed by atoms with Crippen LogP contribution < -0.4 is 10.6 Å². The maximum atomic E-state index is 13.3. The van der Waals surface area contributed by atoms with Crippen molar-refractivity contribution in [3.05, 3.63) is 35.1 Å². The second-order valence-electron chi connectivity index (χ2n) is 6.86. The topological polar surface area (TPSA) is 39.7 Å². The van der Waals surface area contributed by atoms with E-state index in [9.17, 15) is 4.39 Å². The lowest BCUT2D eigenvalue weighted by Crippen LogP contribution is -2.42. The van der Waals surface area contributed by atoms with Crippen LogP contribution in [0.3, 0.4) is 0 Å². The van der Waals surface area contributed by atoms with E-state index in [1.165, 1.54) is 38.4 Å². The summed E-state index contributed by atoms with van der Waals surface area (Å²) < 4.78 is 13.3. The third-order valence-corrected chi connectivity index (χ3v) is 4.54. The van der Waals surface area contributed by atoms with Gasteiger partial charge in [0.2, 0.25) is 0 Å². The van der Waals surface area contributed by atoms with Crippen LogP contribution in [0.5, 0.6) is 0 Å². The van der Waals surface area contributed by atoms with Crippen molar-refractivity contribution >= 4 is 29.9 Å². The summed E-state index contributed by atoms with van der Waals surface area (Å²) >= 11 is 0. The first-order valence-electron chi connectivity index (χ1n) is 9.00. The third kappa shape index (κ3) is 7.90. The molecule has 0 aliphatic carbocycles. The molecular formula is C19H32FIN4. The Kier molecular flexibility index (Phi) is 10.3. The van der Waals surface area contributed by atoms with Gasteiger partial charge in [-0.1, -0.05) is 25.5 Å². The number of nitrogens with zero attached hydrogens (tertiary/aromatic N) is 2. The summed E-state index contributed by atoms with van der Waals surface area (Å²) in [7, 11) is 1.78. The molecule has 2 N–H and O–H groups in total. The first kappa shape index (κ1) is 22.2. The summed E-state index contributed by atoms with van der Waals surface area (Å²) in [5.41, 5.74) is 1.73. The van der Waals surface area contributed by atoms with Gasteiger partial charge in [-0.2, -0.15) is 0 Å². The van der Waals surface area contributed by atoms with E-state index in [1.807, 2.05) is 12.1 Å². The van der Waals surface area contributed by atoms with Crippen LogP contribution in [-0.4, -0.2) is 44.1 Å². The van der Waals surface area contributed by atoms with E-state index in [0.29, 0.717) is 18.0 Å². The van der Waals surface area contributed by atoms with Gasteiger partial charge in [0.05, 0.1) is 0 Å². The van der Waals surface area contributed by atoms with Crippen LogP contribution in [0.1, 0.15) is 37.3 Å². The lowest BCUT2D eigenvalue weighted by atomic mass is 10.1. The fourth-order valence-electron chi connectivity index (χ4n) is 3.14. The zero-order valence-corrected chi connectivity index (χ0v) is 18.0. The van der Waals surface area contributed by atoms with E-state index >= 15 is 0 Å². The second kappa shape index (κ2) is 11.7. The Labute approximate surface area is 168 Å². The number of nitrogens with one attached hydrogen (secondary N) is 2. The quantitative estimate of drug-likeness (QED) is 0.386. The molecule has 1 fully saturated rings. The van der Waals surface area contributed by atoms with Gasteiger partial charge < -0.3 is 15.5 Å². The van der Waals surface area contributed by atoms with Crippen molar-refractivity contribution in [2.24, 2.45) is 10.9 Å². The minimum atomic E-state index is -0.159. The summed E-state index contributed by atoms with van der Waals surface area (Å²) in [6, 6.07) is 5.19. The Morgan fingerprint density at radius 3 is 2.60 bits per heavy atom. The molecule has 4 nitrogen and oxygen atoms in total. The Balaban J connectivity index is 0.00000312. The van der Waals surface area contributed by atoms with E-state index in [-0.39, 0.29) is 29.8 Å². The summed E-state index contributed by atoms with van der Waals surface area (Å²) in [5, 5.41) is 6.69. The molecule has 0 amide bonds. The fraction of sp³-hybridized carbons (Fsp3) is 0.632. The first-order chi connectivity index (χ1) is 11.6. The predicted molar refractivity (Wildman–Crippen MR) is 114 cm³/mol. The molecular weight excluding hydrogens is 430 g/mol. The SMILES string of the molecule is CN=C(NCc1ccc(F)c(C)c1)NCC(C)CN1CCCCC1.I. The molecule has 0 spiro atoms. The number of aryl methyl sites for hydroxylation is 1. The Bertz CT molecular complexity index is 544. The summed E-state index contributed by atoms with van der Waals surface area (Å²) in [6.07, 6.45) is 4.05. The van der Waals surface area contributed by atoms with Crippen molar-refractivity contribution < 1.29 is 4.39 Å². The average molecular weight is 462 g/mol. The van der Waals surface area contributed by atoms with Gasteiger partial charge in [-0.25, -0.2) is 4.39 Å². The molecule has 1 unspecified atom stereocenters. The molecule has 1 aliphatic heterocycles. The standard InChI is InChI=1S/C19H31FN4.HI/c1-15(14-24-9-5-4-6-10-24)12-22-19(21-3)23-13-17-7-8-18(20)16(2)11-17;/h7-8,11,15H,4-6,9-10,12-14H2,1-3H3,(H2,21,22,23);1H. The van der Waals surface area contributed by atoms with Gasteiger partial charge in [-0.05, 0) is 56.0 Å². The van der Waals surface area contributed by atoms with Crippen molar-refractivity contribution in [2.75, 3.05) is 33.2 Å². The van der Waals surface area contributed by atoms with Gasteiger partial charge in [-0.3, -0.25) is 4.99 Å². The van der Waals surface area contributed by atoms with E-state index in [0.717, 1.165) is 24.6 Å². The molecule has 1 saturated heterocycles. The maximum absolute atomic E-state index is 13.3. The van der Waals surface area contributed by atoms with Crippen LogP contribution in [-0.2, 0) is 6.54 Å². The Hall–Kier alpha value is -0.890. The van der Waals surface area contributed by atoms with Crippen molar-refractivity contribution in [2.45, 2.75) is 39.7 Å². The Morgan fingerprint density at radius 1 is 1.24 bits per heavy atom. The van der Waals surface area contributed by atoms with Crippen LogP contribution in [0, 0.1) is 18.7 Å². The number of piperidine rings is 1. The molecule has 0 radical (unpaired) electrons. The molecule has 1 aromatic carbocycles. The zero-order chi connectivity index (χ0) is 17.4. The van der Waals surface area contributed by atoms with Gasteiger partial charge in [0.25, 0.3) is 0 Å². The highest BCUT2D eigenvalue weighted by Gasteiger charge is 2.13. The molecule has 6 heteroatoms. The van der Waals surface area contributed by atoms with Crippen molar-refractivity contribution in [1.29, 1.82) is 0 Å². The smallest absolute Gasteiger partial charge is 0.191 e. The first-order valence-corrected chi connectivity index (χ1v) is 9.00. The maximum Gasteiger partial charge on any atom is 0.191 e. The fourth-order valence-corrected chi connectivity index (χ4v) is 3.14. The third-order valence-electron chi connectivity index (χ3n) is 4.54. The number of benzene rings is 1. The van der Waals surface area contributed by atoms with Crippen LogP contribution in [0.15, 0.2) is 23.2 Å². The highest BCUT2D eigenvalue weighted by molar-refractivity contribution is 14.0. The van der Waals surface area contributed by atoms with E-state index in [2.05, 4.69) is 27.4 Å². The van der Waals surface area contributed by atoms with Gasteiger partial charge in [-0.15, -0.1) is 24.0 Å².